The average molecular weight is 278 g/mol. The summed E-state index contributed by atoms with van der Waals surface area (Å²) in [6, 6.07) is 17.0. The third-order valence-corrected chi connectivity index (χ3v) is 3.03. The molecule has 2 aromatic carbocycles. The van der Waals surface area contributed by atoms with Crippen molar-refractivity contribution in [2.45, 2.75) is 0 Å². The van der Waals surface area contributed by atoms with Crippen molar-refractivity contribution >= 4 is 23.1 Å². The van der Waals surface area contributed by atoms with Crippen LogP contribution < -0.4 is 5.32 Å². The van der Waals surface area contributed by atoms with Crippen molar-refractivity contribution in [2.75, 3.05) is 6.54 Å². The molecule has 0 atom stereocenters. The molecule has 0 bridgehead atoms. The SMILES string of the molecule is O=C(NCC=Cc1ccccc1)n1nnc2ccccc21. The summed E-state index contributed by atoms with van der Waals surface area (Å²) in [5.41, 5.74) is 2.49. The van der Waals surface area contributed by atoms with Crippen LogP contribution in [0.3, 0.4) is 0 Å². The number of carbonyl (C=O) groups is 1. The van der Waals surface area contributed by atoms with Crippen LogP contribution in [-0.4, -0.2) is 27.6 Å². The van der Waals surface area contributed by atoms with Gasteiger partial charge in [-0.3, -0.25) is 0 Å². The number of benzene rings is 2. The summed E-state index contributed by atoms with van der Waals surface area (Å²) in [7, 11) is 0. The van der Waals surface area contributed by atoms with E-state index in [2.05, 4.69) is 15.6 Å². The molecule has 0 saturated carbocycles. The van der Waals surface area contributed by atoms with E-state index in [0.717, 1.165) is 5.56 Å². The number of rotatable bonds is 3. The molecule has 0 unspecified atom stereocenters. The molecule has 0 aliphatic carbocycles. The van der Waals surface area contributed by atoms with Gasteiger partial charge < -0.3 is 5.32 Å². The van der Waals surface area contributed by atoms with Gasteiger partial charge in [0.15, 0.2) is 0 Å². The first-order valence-electron chi connectivity index (χ1n) is 6.65. The first-order valence-corrected chi connectivity index (χ1v) is 6.65. The smallest absolute Gasteiger partial charge is 0.333 e. The van der Waals surface area contributed by atoms with Gasteiger partial charge in [-0.15, -0.1) is 5.10 Å². The van der Waals surface area contributed by atoms with E-state index in [1.165, 1.54) is 4.68 Å². The molecule has 0 spiro atoms. The first kappa shape index (κ1) is 13.1. The number of nitrogens with zero attached hydrogens (tertiary/aromatic N) is 3. The Labute approximate surface area is 121 Å². The monoisotopic (exact) mass is 278 g/mol. The molecule has 21 heavy (non-hydrogen) atoms. The summed E-state index contributed by atoms with van der Waals surface area (Å²) in [5.74, 6) is 0. The van der Waals surface area contributed by atoms with E-state index >= 15 is 0 Å². The molecule has 104 valence electrons. The van der Waals surface area contributed by atoms with Gasteiger partial charge in [-0.1, -0.05) is 59.8 Å². The molecule has 3 aromatic rings. The van der Waals surface area contributed by atoms with Crippen molar-refractivity contribution in [1.29, 1.82) is 0 Å². The van der Waals surface area contributed by atoms with Gasteiger partial charge in [0.1, 0.15) is 5.52 Å². The van der Waals surface area contributed by atoms with Crippen molar-refractivity contribution in [3.8, 4) is 0 Å². The van der Waals surface area contributed by atoms with Gasteiger partial charge in [-0.25, -0.2) is 4.79 Å². The van der Waals surface area contributed by atoms with Gasteiger partial charge in [-0.05, 0) is 17.7 Å². The zero-order valence-corrected chi connectivity index (χ0v) is 11.3. The van der Waals surface area contributed by atoms with Gasteiger partial charge in [0, 0.05) is 6.54 Å². The highest BCUT2D eigenvalue weighted by Crippen LogP contribution is 2.08. The highest BCUT2D eigenvalue weighted by atomic mass is 16.2. The van der Waals surface area contributed by atoms with Gasteiger partial charge >= 0.3 is 6.03 Å². The lowest BCUT2D eigenvalue weighted by molar-refractivity contribution is 0.241. The Kier molecular flexibility index (Phi) is 3.73. The minimum Gasteiger partial charge on any atom is -0.333 e. The van der Waals surface area contributed by atoms with Crippen LogP contribution in [0.25, 0.3) is 17.1 Å². The number of amides is 1. The molecule has 1 aromatic heterocycles. The molecule has 0 aliphatic heterocycles. The molecule has 1 heterocycles. The quantitative estimate of drug-likeness (QED) is 0.801. The molecule has 0 fully saturated rings. The molecule has 5 nitrogen and oxygen atoms in total. The Hall–Kier alpha value is -2.95. The Morgan fingerprint density at radius 2 is 1.86 bits per heavy atom. The molecular weight excluding hydrogens is 264 g/mol. The van der Waals surface area contributed by atoms with Gasteiger partial charge in [-0.2, -0.15) is 4.68 Å². The molecule has 3 rings (SSSR count). The molecule has 0 radical (unpaired) electrons. The average Bonchev–Trinajstić information content (AvgIpc) is 2.96. The fraction of sp³-hybridized carbons (Fsp3) is 0.0625. The number of hydrogen-bond donors (Lipinski definition) is 1. The molecule has 0 saturated heterocycles. The number of aromatic nitrogens is 3. The van der Waals surface area contributed by atoms with E-state index < -0.39 is 0 Å². The van der Waals surface area contributed by atoms with Crippen LogP contribution >= 0.6 is 0 Å². The summed E-state index contributed by atoms with van der Waals surface area (Å²) in [5, 5.41) is 10.6. The van der Waals surface area contributed by atoms with Gasteiger partial charge in [0.05, 0.1) is 5.52 Å². The normalized spacial score (nSPS) is 11.0. The maximum Gasteiger partial charge on any atom is 0.344 e. The van der Waals surface area contributed by atoms with E-state index in [1.54, 1.807) is 0 Å². The summed E-state index contributed by atoms with van der Waals surface area (Å²) < 4.78 is 1.27. The number of para-hydroxylation sites is 1. The second-order valence-electron chi connectivity index (χ2n) is 4.49. The van der Waals surface area contributed by atoms with Crippen molar-refractivity contribution in [3.63, 3.8) is 0 Å². The predicted molar refractivity (Wildman–Crippen MR) is 81.8 cm³/mol. The Morgan fingerprint density at radius 1 is 1.10 bits per heavy atom. The van der Waals surface area contributed by atoms with Crippen LogP contribution in [0, 0.1) is 0 Å². The standard InChI is InChI=1S/C16H14N4O/c21-16(17-12-6-9-13-7-2-1-3-8-13)20-15-11-5-4-10-14(15)18-19-20/h1-11H,12H2,(H,17,21). The van der Waals surface area contributed by atoms with Crippen molar-refractivity contribution < 1.29 is 4.79 Å². The Bertz CT molecular complexity index is 777. The molecular formula is C16H14N4O. The lowest BCUT2D eigenvalue weighted by Crippen LogP contribution is -2.29. The molecule has 5 heteroatoms. The Balaban J connectivity index is 1.63. The van der Waals surface area contributed by atoms with E-state index in [-0.39, 0.29) is 6.03 Å². The van der Waals surface area contributed by atoms with Crippen LogP contribution in [0.5, 0.6) is 0 Å². The number of hydrogen-bond acceptors (Lipinski definition) is 3. The lowest BCUT2D eigenvalue weighted by Gasteiger charge is -2.01. The van der Waals surface area contributed by atoms with Crippen LogP contribution in [-0.2, 0) is 0 Å². The Morgan fingerprint density at radius 3 is 2.71 bits per heavy atom. The van der Waals surface area contributed by atoms with Crippen molar-refractivity contribution in [1.82, 2.24) is 20.3 Å². The van der Waals surface area contributed by atoms with Crippen LogP contribution in [0.15, 0.2) is 60.7 Å². The van der Waals surface area contributed by atoms with Gasteiger partial charge in [0.2, 0.25) is 0 Å². The highest BCUT2D eigenvalue weighted by Gasteiger charge is 2.09. The molecule has 1 N–H and O–H groups in total. The second kappa shape index (κ2) is 6.00. The largest absolute Gasteiger partial charge is 0.344 e. The maximum atomic E-state index is 12.0. The lowest BCUT2D eigenvalue weighted by atomic mass is 10.2. The topological polar surface area (TPSA) is 59.8 Å². The molecule has 1 amide bonds. The van der Waals surface area contributed by atoms with E-state index in [9.17, 15) is 4.79 Å². The van der Waals surface area contributed by atoms with E-state index in [0.29, 0.717) is 17.6 Å². The maximum absolute atomic E-state index is 12.0. The third-order valence-electron chi connectivity index (χ3n) is 3.03. The van der Waals surface area contributed by atoms with Crippen LogP contribution in [0.2, 0.25) is 0 Å². The predicted octanol–water partition coefficient (Wildman–Crippen LogP) is 2.70. The van der Waals surface area contributed by atoms with Crippen molar-refractivity contribution in [3.05, 3.63) is 66.2 Å². The van der Waals surface area contributed by atoms with Crippen molar-refractivity contribution in [2.24, 2.45) is 0 Å². The zero-order valence-electron chi connectivity index (χ0n) is 11.3. The van der Waals surface area contributed by atoms with Crippen LogP contribution in [0.4, 0.5) is 4.79 Å². The van der Waals surface area contributed by atoms with E-state index in [4.69, 9.17) is 0 Å². The highest BCUT2D eigenvalue weighted by molar-refractivity contribution is 5.87. The summed E-state index contributed by atoms with van der Waals surface area (Å²) >= 11 is 0. The van der Waals surface area contributed by atoms with Gasteiger partial charge in [0.25, 0.3) is 0 Å². The zero-order chi connectivity index (χ0) is 14.5. The number of carbonyl (C=O) groups excluding carboxylic acids is 1. The first-order chi connectivity index (χ1) is 10.3. The third kappa shape index (κ3) is 2.97. The van der Waals surface area contributed by atoms with Crippen LogP contribution in [0.1, 0.15) is 5.56 Å². The summed E-state index contributed by atoms with van der Waals surface area (Å²) in [4.78, 5) is 12.0. The minimum absolute atomic E-state index is 0.290. The van der Waals surface area contributed by atoms with E-state index in [1.807, 2.05) is 66.7 Å². The number of nitrogens with one attached hydrogen (secondary N) is 1. The summed E-state index contributed by atoms with van der Waals surface area (Å²) in [6.07, 6.45) is 3.85. The molecule has 0 aliphatic rings. The fourth-order valence-electron chi connectivity index (χ4n) is 2.00. The second-order valence-corrected chi connectivity index (χ2v) is 4.49. The minimum atomic E-state index is -0.290. The number of fused-ring (bicyclic) bond motifs is 1. The fourth-order valence-corrected chi connectivity index (χ4v) is 2.00. The summed E-state index contributed by atoms with van der Waals surface area (Å²) in [6.45, 7) is 0.432.